The summed E-state index contributed by atoms with van der Waals surface area (Å²) in [6.45, 7) is 0.0363. The molecule has 0 fully saturated rings. The maximum Gasteiger partial charge on any atom is 0.133 e. The molecule has 0 saturated heterocycles. The van der Waals surface area contributed by atoms with Crippen molar-refractivity contribution in [2.75, 3.05) is 20.8 Å². The average molecular weight is 214 g/mol. The summed E-state index contributed by atoms with van der Waals surface area (Å²) in [7, 11) is 2.96. The van der Waals surface area contributed by atoms with E-state index in [4.69, 9.17) is 14.6 Å². The smallest absolute Gasteiger partial charge is 0.133 e. The highest BCUT2D eigenvalue weighted by Crippen LogP contribution is 2.28. The number of hydrogen-bond donors (Lipinski definition) is 1. The summed E-state index contributed by atoms with van der Waals surface area (Å²) >= 11 is 0. The number of rotatable bonds is 5. The lowest BCUT2D eigenvalue weighted by atomic mass is 10.1. The fourth-order valence-corrected chi connectivity index (χ4v) is 1.39. The lowest BCUT2D eigenvalue weighted by Crippen LogP contribution is -1.99. The molecule has 0 aliphatic heterocycles. The molecule has 1 rings (SSSR count). The predicted octanol–water partition coefficient (Wildman–Crippen LogP) is 1.77. The molecule has 0 unspecified atom stereocenters. The van der Waals surface area contributed by atoms with Crippen LogP contribution in [0.3, 0.4) is 0 Å². The molecular weight excluding hydrogens is 199 g/mol. The number of ether oxygens (including phenoxy) is 2. The highest BCUT2D eigenvalue weighted by atomic mass is 19.1. The van der Waals surface area contributed by atoms with Gasteiger partial charge in [-0.2, -0.15) is 0 Å². The van der Waals surface area contributed by atoms with Crippen LogP contribution in [-0.4, -0.2) is 25.9 Å². The quantitative estimate of drug-likeness (QED) is 0.811. The molecule has 84 valence electrons. The van der Waals surface area contributed by atoms with Gasteiger partial charge in [-0.1, -0.05) is 0 Å². The third-order valence-corrected chi connectivity index (χ3v) is 2.17. The van der Waals surface area contributed by atoms with Gasteiger partial charge in [-0.25, -0.2) is 4.39 Å². The minimum absolute atomic E-state index is 0.0363. The first-order valence-electron chi connectivity index (χ1n) is 4.74. The van der Waals surface area contributed by atoms with Crippen molar-refractivity contribution in [2.45, 2.75) is 12.8 Å². The van der Waals surface area contributed by atoms with E-state index in [1.807, 2.05) is 0 Å². The Morgan fingerprint density at radius 3 is 2.53 bits per heavy atom. The van der Waals surface area contributed by atoms with Crippen molar-refractivity contribution in [1.82, 2.24) is 0 Å². The molecule has 0 bridgehead atoms. The first-order valence-corrected chi connectivity index (χ1v) is 4.74. The zero-order valence-electron chi connectivity index (χ0n) is 8.92. The molecule has 0 saturated carbocycles. The lowest BCUT2D eigenvalue weighted by Gasteiger charge is -2.11. The van der Waals surface area contributed by atoms with Crippen molar-refractivity contribution in [3.63, 3.8) is 0 Å². The summed E-state index contributed by atoms with van der Waals surface area (Å²) in [5, 5.41) is 8.69. The summed E-state index contributed by atoms with van der Waals surface area (Å²) < 4.78 is 23.6. The van der Waals surface area contributed by atoms with Crippen molar-refractivity contribution < 1.29 is 19.0 Å². The fraction of sp³-hybridized carbons (Fsp3) is 0.455. The number of aliphatic hydroxyl groups excluding tert-OH is 1. The van der Waals surface area contributed by atoms with Crippen LogP contribution in [0.15, 0.2) is 12.1 Å². The van der Waals surface area contributed by atoms with Gasteiger partial charge in [0, 0.05) is 24.3 Å². The van der Waals surface area contributed by atoms with Gasteiger partial charge in [0.05, 0.1) is 14.2 Å². The van der Waals surface area contributed by atoms with Crippen molar-refractivity contribution in [1.29, 1.82) is 0 Å². The van der Waals surface area contributed by atoms with Crippen LogP contribution in [-0.2, 0) is 6.42 Å². The van der Waals surface area contributed by atoms with E-state index >= 15 is 0 Å². The normalized spacial score (nSPS) is 10.1. The number of benzene rings is 1. The van der Waals surface area contributed by atoms with Gasteiger partial charge in [-0.05, 0) is 12.8 Å². The topological polar surface area (TPSA) is 38.7 Å². The van der Waals surface area contributed by atoms with E-state index in [1.165, 1.54) is 20.3 Å². The highest BCUT2D eigenvalue weighted by Gasteiger charge is 2.11. The van der Waals surface area contributed by atoms with Crippen LogP contribution in [0.4, 0.5) is 4.39 Å². The molecule has 0 radical (unpaired) electrons. The Bertz CT molecular complexity index is 326. The average Bonchev–Trinajstić information content (AvgIpc) is 2.26. The van der Waals surface area contributed by atoms with Gasteiger partial charge >= 0.3 is 0 Å². The summed E-state index contributed by atoms with van der Waals surface area (Å²) in [6.07, 6.45) is 0.967. The van der Waals surface area contributed by atoms with Gasteiger partial charge in [-0.3, -0.25) is 0 Å². The molecule has 0 atom stereocenters. The van der Waals surface area contributed by atoms with Crippen LogP contribution in [0.1, 0.15) is 12.0 Å². The molecule has 4 heteroatoms. The Morgan fingerprint density at radius 1 is 1.27 bits per heavy atom. The Balaban J connectivity index is 3.01. The van der Waals surface area contributed by atoms with E-state index < -0.39 is 0 Å². The first kappa shape index (κ1) is 11.8. The van der Waals surface area contributed by atoms with Crippen molar-refractivity contribution in [2.24, 2.45) is 0 Å². The van der Waals surface area contributed by atoms with Gasteiger partial charge in [0.2, 0.25) is 0 Å². The zero-order valence-corrected chi connectivity index (χ0v) is 8.92. The van der Waals surface area contributed by atoms with Crippen molar-refractivity contribution in [3.05, 3.63) is 23.5 Å². The Hall–Kier alpha value is -1.29. The molecule has 0 aromatic heterocycles. The third kappa shape index (κ3) is 2.83. The highest BCUT2D eigenvalue weighted by molar-refractivity contribution is 5.42. The van der Waals surface area contributed by atoms with Gasteiger partial charge in [0.1, 0.15) is 17.3 Å². The maximum atomic E-state index is 13.6. The summed E-state index contributed by atoms with van der Waals surface area (Å²) in [5.74, 6) is 0.525. The van der Waals surface area contributed by atoms with E-state index in [0.29, 0.717) is 29.9 Å². The predicted molar refractivity (Wildman–Crippen MR) is 54.9 cm³/mol. The second kappa shape index (κ2) is 5.56. The Kier molecular flexibility index (Phi) is 4.37. The van der Waals surface area contributed by atoms with Crippen molar-refractivity contribution >= 4 is 0 Å². The van der Waals surface area contributed by atoms with E-state index in [9.17, 15) is 4.39 Å². The first-order chi connectivity index (χ1) is 7.22. The second-order valence-corrected chi connectivity index (χ2v) is 3.12. The number of halogens is 1. The summed E-state index contributed by atoms with van der Waals surface area (Å²) in [5.41, 5.74) is 0.479. The fourth-order valence-electron chi connectivity index (χ4n) is 1.39. The third-order valence-electron chi connectivity index (χ3n) is 2.17. The Labute approximate surface area is 88.4 Å². The molecule has 1 aromatic carbocycles. The standard InChI is InChI=1S/C11H15FO3/c1-14-8-6-10(12)9(4-3-5-13)11(7-8)15-2/h6-7,13H,3-5H2,1-2H3. The molecule has 0 amide bonds. The van der Waals surface area contributed by atoms with Gasteiger partial charge in [-0.15, -0.1) is 0 Å². The number of aliphatic hydroxyl groups is 1. The van der Waals surface area contributed by atoms with Crippen LogP contribution < -0.4 is 9.47 Å². The van der Waals surface area contributed by atoms with E-state index in [2.05, 4.69) is 0 Å². The molecule has 0 spiro atoms. The van der Waals surface area contributed by atoms with E-state index in [1.54, 1.807) is 6.07 Å². The van der Waals surface area contributed by atoms with Gasteiger partial charge < -0.3 is 14.6 Å². The minimum Gasteiger partial charge on any atom is -0.497 e. The summed E-state index contributed by atoms with van der Waals surface area (Å²) in [4.78, 5) is 0. The van der Waals surface area contributed by atoms with E-state index in [-0.39, 0.29) is 12.4 Å². The van der Waals surface area contributed by atoms with Crippen LogP contribution in [0.5, 0.6) is 11.5 Å². The van der Waals surface area contributed by atoms with Crippen LogP contribution >= 0.6 is 0 Å². The SMILES string of the molecule is COc1cc(F)c(CCCO)c(OC)c1. The van der Waals surface area contributed by atoms with Crippen LogP contribution in [0.2, 0.25) is 0 Å². The molecule has 3 nitrogen and oxygen atoms in total. The number of methoxy groups -OCH3 is 2. The monoisotopic (exact) mass is 214 g/mol. The largest absolute Gasteiger partial charge is 0.497 e. The molecule has 15 heavy (non-hydrogen) atoms. The molecule has 0 heterocycles. The summed E-state index contributed by atoms with van der Waals surface area (Å²) in [6, 6.07) is 2.95. The van der Waals surface area contributed by atoms with Gasteiger partial charge in [0.15, 0.2) is 0 Å². The van der Waals surface area contributed by atoms with Crippen LogP contribution in [0, 0.1) is 5.82 Å². The van der Waals surface area contributed by atoms with Crippen LogP contribution in [0.25, 0.3) is 0 Å². The lowest BCUT2D eigenvalue weighted by molar-refractivity contribution is 0.287. The molecule has 1 aromatic rings. The molecular formula is C11H15FO3. The molecule has 1 N–H and O–H groups in total. The zero-order chi connectivity index (χ0) is 11.3. The second-order valence-electron chi connectivity index (χ2n) is 3.12. The minimum atomic E-state index is -0.361. The number of hydrogen-bond acceptors (Lipinski definition) is 3. The van der Waals surface area contributed by atoms with Gasteiger partial charge in [0.25, 0.3) is 0 Å². The maximum absolute atomic E-state index is 13.6. The molecule has 0 aliphatic carbocycles. The Morgan fingerprint density at radius 2 is 2.00 bits per heavy atom. The van der Waals surface area contributed by atoms with E-state index in [0.717, 1.165) is 0 Å². The molecule has 0 aliphatic rings. The van der Waals surface area contributed by atoms with Crippen molar-refractivity contribution in [3.8, 4) is 11.5 Å².